The molecule has 0 heterocycles. The van der Waals surface area contributed by atoms with Gasteiger partial charge in [-0.3, -0.25) is 4.79 Å². The van der Waals surface area contributed by atoms with E-state index in [2.05, 4.69) is 20.8 Å². The van der Waals surface area contributed by atoms with Gasteiger partial charge in [0.15, 0.2) is 5.78 Å². The minimum Gasteiger partial charge on any atom is -0.295 e. The summed E-state index contributed by atoms with van der Waals surface area (Å²) in [5, 5.41) is 0. The monoisotopic (exact) mass is 182 g/mol. The summed E-state index contributed by atoms with van der Waals surface area (Å²) < 4.78 is 0. The fourth-order valence-corrected chi connectivity index (χ4v) is 1.54. The van der Waals surface area contributed by atoms with Crippen molar-refractivity contribution in [2.24, 2.45) is 17.8 Å². The number of rotatable bonds is 5. The van der Waals surface area contributed by atoms with Gasteiger partial charge in [-0.2, -0.15) is 0 Å². The van der Waals surface area contributed by atoms with Gasteiger partial charge in [-0.05, 0) is 31.3 Å². The number of hydrogen-bond acceptors (Lipinski definition) is 1. The molecule has 0 aromatic heterocycles. The van der Waals surface area contributed by atoms with Gasteiger partial charge in [0.2, 0.25) is 0 Å². The minimum atomic E-state index is 0.165. The van der Waals surface area contributed by atoms with Gasteiger partial charge < -0.3 is 0 Å². The van der Waals surface area contributed by atoms with E-state index in [9.17, 15) is 4.79 Å². The first-order chi connectivity index (χ1) is 5.99. The zero-order valence-electron chi connectivity index (χ0n) is 9.50. The van der Waals surface area contributed by atoms with Gasteiger partial charge in [-0.1, -0.05) is 33.8 Å². The van der Waals surface area contributed by atoms with Crippen molar-refractivity contribution >= 4 is 5.78 Å². The Labute approximate surface area is 82.2 Å². The van der Waals surface area contributed by atoms with Gasteiger partial charge in [0.25, 0.3) is 0 Å². The van der Waals surface area contributed by atoms with Crippen LogP contribution in [0.3, 0.4) is 0 Å². The van der Waals surface area contributed by atoms with Gasteiger partial charge in [0, 0.05) is 5.92 Å². The molecule has 76 valence electrons. The van der Waals surface area contributed by atoms with E-state index in [0.29, 0.717) is 11.8 Å². The summed E-state index contributed by atoms with van der Waals surface area (Å²) in [6, 6.07) is 0. The molecule has 2 unspecified atom stereocenters. The molecule has 0 rings (SSSR count). The van der Waals surface area contributed by atoms with Crippen LogP contribution in [0.15, 0.2) is 12.2 Å². The predicted octanol–water partition coefficient (Wildman–Crippen LogP) is 3.45. The maximum atomic E-state index is 11.5. The molecule has 13 heavy (non-hydrogen) atoms. The van der Waals surface area contributed by atoms with E-state index in [-0.39, 0.29) is 11.7 Å². The lowest BCUT2D eigenvalue weighted by Gasteiger charge is -2.19. The molecule has 0 spiro atoms. The van der Waals surface area contributed by atoms with E-state index in [0.717, 1.165) is 6.42 Å². The maximum absolute atomic E-state index is 11.5. The van der Waals surface area contributed by atoms with Crippen LogP contribution in [0, 0.1) is 17.8 Å². The van der Waals surface area contributed by atoms with Crippen LogP contribution in [0.2, 0.25) is 0 Å². The molecule has 0 aromatic carbocycles. The van der Waals surface area contributed by atoms with Crippen molar-refractivity contribution in [3.05, 3.63) is 12.2 Å². The molecule has 0 bridgehead atoms. The Bertz CT molecular complexity index is 180. The Hall–Kier alpha value is -0.590. The smallest absolute Gasteiger partial charge is 0.158 e. The van der Waals surface area contributed by atoms with Crippen molar-refractivity contribution in [3.8, 4) is 0 Å². The highest BCUT2D eigenvalue weighted by molar-refractivity contribution is 5.91. The lowest BCUT2D eigenvalue weighted by molar-refractivity contribution is -0.119. The fourth-order valence-electron chi connectivity index (χ4n) is 1.54. The standard InChI is InChI=1S/C12H22O/c1-6-7-12(13)11(5)10(4)8-9(2)3/h6-7,9-11H,8H2,1-5H3/b7-6-. The molecule has 0 saturated carbocycles. The number of hydrogen-bond donors (Lipinski definition) is 0. The highest BCUT2D eigenvalue weighted by Gasteiger charge is 2.18. The average molecular weight is 182 g/mol. The third-order valence-electron chi connectivity index (χ3n) is 2.48. The van der Waals surface area contributed by atoms with Gasteiger partial charge in [0.05, 0.1) is 0 Å². The number of carbonyl (C=O) groups is 1. The molecule has 0 amide bonds. The van der Waals surface area contributed by atoms with Crippen molar-refractivity contribution < 1.29 is 4.79 Å². The van der Waals surface area contributed by atoms with Crippen molar-refractivity contribution in [1.82, 2.24) is 0 Å². The number of ketones is 1. The molecule has 0 aromatic rings. The second kappa shape index (κ2) is 5.95. The largest absolute Gasteiger partial charge is 0.295 e. The second-order valence-corrected chi connectivity index (χ2v) is 4.30. The van der Waals surface area contributed by atoms with E-state index in [1.54, 1.807) is 6.08 Å². The summed E-state index contributed by atoms with van der Waals surface area (Å²) in [7, 11) is 0. The summed E-state index contributed by atoms with van der Waals surface area (Å²) in [6.07, 6.45) is 4.63. The van der Waals surface area contributed by atoms with Crippen LogP contribution in [-0.2, 0) is 4.79 Å². The van der Waals surface area contributed by atoms with Crippen LogP contribution in [0.1, 0.15) is 41.0 Å². The molecule has 1 heteroatoms. The van der Waals surface area contributed by atoms with Gasteiger partial charge in [-0.15, -0.1) is 0 Å². The van der Waals surface area contributed by atoms with Gasteiger partial charge in [0.1, 0.15) is 0 Å². The van der Waals surface area contributed by atoms with Crippen molar-refractivity contribution in [3.63, 3.8) is 0 Å². The Kier molecular flexibility index (Phi) is 5.68. The van der Waals surface area contributed by atoms with Crippen molar-refractivity contribution in [1.29, 1.82) is 0 Å². The Morgan fingerprint density at radius 3 is 2.15 bits per heavy atom. The summed E-state index contributed by atoms with van der Waals surface area (Å²) in [5.74, 6) is 1.59. The molecular weight excluding hydrogens is 160 g/mol. The van der Waals surface area contributed by atoms with Crippen molar-refractivity contribution in [2.75, 3.05) is 0 Å². The van der Waals surface area contributed by atoms with E-state index in [1.165, 1.54) is 0 Å². The van der Waals surface area contributed by atoms with Crippen LogP contribution < -0.4 is 0 Å². The summed E-state index contributed by atoms with van der Waals surface area (Å²) in [6.45, 7) is 10.5. The lowest BCUT2D eigenvalue weighted by Crippen LogP contribution is -2.18. The SMILES string of the molecule is C/C=C\C(=O)C(C)C(C)CC(C)C. The number of allylic oxidation sites excluding steroid dienone is 2. The zero-order chi connectivity index (χ0) is 10.4. The molecule has 0 saturated heterocycles. The van der Waals surface area contributed by atoms with Gasteiger partial charge in [-0.25, -0.2) is 0 Å². The quantitative estimate of drug-likeness (QED) is 0.595. The number of carbonyl (C=O) groups excluding carboxylic acids is 1. The van der Waals surface area contributed by atoms with E-state index >= 15 is 0 Å². The summed E-state index contributed by atoms with van der Waals surface area (Å²) >= 11 is 0. The second-order valence-electron chi connectivity index (χ2n) is 4.30. The van der Waals surface area contributed by atoms with E-state index in [1.807, 2.05) is 19.9 Å². The molecule has 0 radical (unpaired) electrons. The third kappa shape index (κ3) is 4.87. The molecule has 1 nitrogen and oxygen atoms in total. The molecule has 0 fully saturated rings. The first-order valence-electron chi connectivity index (χ1n) is 5.15. The average Bonchev–Trinajstić information content (AvgIpc) is 2.02. The van der Waals surface area contributed by atoms with E-state index < -0.39 is 0 Å². The highest BCUT2D eigenvalue weighted by Crippen LogP contribution is 2.20. The normalized spacial score (nSPS) is 16.5. The molecular formula is C12H22O. The highest BCUT2D eigenvalue weighted by atomic mass is 16.1. The molecule has 0 aliphatic carbocycles. The van der Waals surface area contributed by atoms with Crippen LogP contribution >= 0.6 is 0 Å². The van der Waals surface area contributed by atoms with Crippen LogP contribution in [0.4, 0.5) is 0 Å². The molecule has 0 aliphatic heterocycles. The summed E-state index contributed by atoms with van der Waals surface area (Å²) in [4.78, 5) is 11.5. The van der Waals surface area contributed by atoms with Crippen molar-refractivity contribution in [2.45, 2.75) is 41.0 Å². The Morgan fingerprint density at radius 1 is 1.23 bits per heavy atom. The summed E-state index contributed by atoms with van der Waals surface area (Å²) in [5.41, 5.74) is 0. The molecule has 2 atom stereocenters. The lowest BCUT2D eigenvalue weighted by atomic mass is 9.85. The predicted molar refractivity (Wildman–Crippen MR) is 57.6 cm³/mol. The van der Waals surface area contributed by atoms with Crippen LogP contribution in [-0.4, -0.2) is 5.78 Å². The van der Waals surface area contributed by atoms with Gasteiger partial charge >= 0.3 is 0 Å². The molecule has 0 N–H and O–H groups in total. The minimum absolute atomic E-state index is 0.165. The first kappa shape index (κ1) is 12.4. The maximum Gasteiger partial charge on any atom is 0.158 e. The zero-order valence-corrected chi connectivity index (χ0v) is 9.50. The first-order valence-corrected chi connectivity index (χ1v) is 5.15. The fraction of sp³-hybridized carbons (Fsp3) is 0.750. The Morgan fingerprint density at radius 2 is 1.77 bits per heavy atom. The van der Waals surface area contributed by atoms with E-state index in [4.69, 9.17) is 0 Å². The van der Waals surface area contributed by atoms with Crippen LogP contribution in [0.5, 0.6) is 0 Å². The topological polar surface area (TPSA) is 17.1 Å². The Balaban J connectivity index is 4.08. The third-order valence-corrected chi connectivity index (χ3v) is 2.48. The van der Waals surface area contributed by atoms with Crippen LogP contribution in [0.25, 0.3) is 0 Å². The molecule has 0 aliphatic rings.